The van der Waals surface area contributed by atoms with E-state index in [9.17, 15) is 4.79 Å². The van der Waals surface area contributed by atoms with Crippen molar-refractivity contribution in [3.8, 4) is 5.75 Å². The molecule has 0 fully saturated rings. The van der Waals surface area contributed by atoms with Crippen molar-refractivity contribution in [1.29, 1.82) is 0 Å². The molecule has 5 heteroatoms. The number of benzene rings is 2. The van der Waals surface area contributed by atoms with E-state index in [-0.39, 0.29) is 12.3 Å². The summed E-state index contributed by atoms with van der Waals surface area (Å²) in [5, 5.41) is 2.40. The highest BCUT2D eigenvalue weighted by molar-refractivity contribution is 5.87. The van der Waals surface area contributed by atoms with Crippen LogP contribution in [0.3, 0.4) is 0 Å². The van der Waals surface area contributed by atoms with Gasteiger partial charge in [0.05, 0.1) is 25.6 Å². The molecular weight excluding hydrogens is 290 g/mol. The largest absolute Gasteiger partial charge is 0.497 e. The summed E-state index contributed by atoms with van der Waals surface area (Å²) in [4.78, 5) is 15.1. The molecule has 0 unspecified atom stereocenters. The number of aryl methyl sites for hydroxylation is 2. The number of methoxy groups -OCH3 is 1. The molecule has 0 aliphatic carbocycles. The van der Waals surface area contributed by atoms with Crippen LogP contribution >= 0.6 is 0 Å². The molecule has 3 aromatic rings. The van der Waals surface area contributed by atoms with Crippen LogP contribution in [0.1, 0.15) is 11.3 Å². The zero-order chi connectivity index (χ0) is 16.2. The van der Waals surface area contributed by atoms with Crippen molar-refractivity contribution in [2.75, 3.05) is 7.11 Å². The third kappa shape index (κ3) is 3.51. The van der Waals surface area contributed by atoms with Crippen molar-refractivity contribution in [2.24, 2.45) is 5.73 Å². The molecule has 5 nitrogen and oxygen atoms in total. The van der Waals surface area contributed by atoms with Gasteiger partial charge in [-0.25, -0.2) is 4.98 Å². The van der Waals surface area contributed by atoms with Gasteiger partial charge in [0, 0.05) is 12.7 Å². The summed E-state index contributed by atoms with van der Waals surface area (Å²) in [6.45, 7) is 0.794. The molecule has 0 atom stereocenters. The van der Waals surface area contributed by atoms with Crippen molar-refractivity contribution in [3.05, 3.63) is 60.2 Å². The average molecular weight is 309 g/mol. The first-order valence-corrected chi connectivity index (χ1v) is 7.50. The van der Waals surface area contributed by atoms with E-state index < -0.39 is 0 Å². The van der Waals surface area contributed by atoms with Crippen molar-refractivity contribution >= 4 is 16.7 Å². The van der Waals surface area contributed by atoms with Crippen LogP contribution in [0.2, 0.25) is 0 Å². The fourth-order valence-corrected chi connectivity index (χ4v) is 2.71. The van der Waals surface area contributed by atoms with Crippen LogP contribution in [0.4, 0.5) is 0 Å². The second kappa shape index (κ2) is 6.52. The first kappa shape index (κ1) is 15.1. The fraction of sp³-hybridized carbons (Fsp3) is 0.222. The number of aromatic nitrogens is 2. The van der Waals surface area contributed by atoms with Crippen LogP contribution < -0.4 is 10.5 Å². The Balaban J connectivity index is 1.78. The van der Waals surface area contributed by atoms with Gasteiger partial charge in [0.25, 0.3) is 0 Å². The van der Waals surface area contributed by atoms with Gasteiger partial charge in [-0.15, -0.1) is 0 Å². The second-order valence-corrected chi connectivity index (χ2v) is 5.50. The van der Waals surface area contributed by atoms with Crippen LogP contribution in [0, 0.1) is 0 Å². The Bertz CT molecular complexity index is 839. The highest BCUT2D eigenvalue weighted by Crippen LogP contribution is 2.24. The highest BCUT2D eigenvalue weighted by Gasteiger charge is 2.05. The lowest BCUT2D eigenvalue weighted by molar-refractivity contribution is -0.117. The number of carbonyl (C=O) groups excluding carboxylic acids is 1. The van der Waals surface area contributed by atoms with Gasteiger partial charge in [-0.1, -0.05) is 24.3 Å². The molecule has 118 valence electrons. The lowest BCUT2D eigenvalue weighted by Gasteiger charge is -2.09. The second-order valence-electron chi connectivity index (χ2n) is 5.50. The molecule has 0 aliphatic heterocycles. The first-order valence-electron chi connectivity index (χ1n) is 7.50. The van der Waals surface area contributed by atoms with E-state index >= 15 is 0 Å². The normalized spacial score (nSPS) is 10.8. The predicted molar refractivity (Wildman–Crippen MR) is 89.3 cm³/mol. The van der Waals surface area contributed by atoms with Gasteiger partial charge in [-0.2, -0.15) is 0 Å². The van der Waals surface area contributed by atoms with Gasteiger partial charge < -0.3 is 15.0 Å². The molecule has 0 spiro atoms. The van der Waals surface area contributed by atoms with Crippen LogP contribution in [0.15, 0.2) is 48.9 Å². The van der Waals surface area contributed by atoms with Gasteiger partial charge in [0.2, 0.25) is 5.91 Å². The number of amides is 1. The lowest BCUT2D eigenvalue weighted by atomic mass is 10.0. The summed E-state index contributed by atoms with van der Waals surface area (Å²) in [7, 11) is 1.68. The summed E-state index contributed by atoms with van der Waals surface area (Å²) in [5.74, 6) is 0.493. The summed E-state index contributed by atoms with van der Waals surface area (Å²) in [6.07, 6.45) is 4.66. The Morgan fingerprint density at radius 2 is 2.17 bits per heavy atom. The minimum Gasteiger partial charge on any atom is -0.497 e. The Kier molecular flexibility index (Phi) is 4.28. The van der Waals surface area contributed by atoms with Gasteiger partial charge in [0.15, 0.2) is 0 Å². The fourth-order valence-electron chi connectivity index (χ4n) is 2.71. The standard InChI is InChI=1S/C18H19N3O2/c1-23-16-6-5-13-3-2-4-14(17(13)10-16)7-8-21-11-15(20-12-21)9-18(19)22/h2-6,10-12H,7-9H2,1H3,(H2,19,22). The minimum atomic E-state index is -0.364. The van der Waals surface area contributed by atoms with Crippen LogP contribution in [-0.4, -0.2) is 22.6 Å². The zero-order valence-electron chi connectivity index (χ0n) is 13.0. The number of fused-ring (bicyclic) bond motifs is 1. The summed E-state index contributed by atoms with van der Waals surface area (Å²) in [6, 6.07) is 12.4. The molecule has 0 radical (unpaired) electrons. The predicted octanol–water partition coefficient (Wildman–Crippen LogP) is 2.32. The maximum absolute atomic E-state index is 10.9. The minimum absolute atomic E-state index is 0.179. The molecule has 0 saturated heterocycles. The number of imidazole rings is 1. The summed E-state index contributed by atoms with van der Waals surface area (Å²) >= 11 is 0. The Morgan fingerprint density at radius 3 is 2.96 bits per heavy atom. The van der Waals surface area contributed by atoms with E-state index in [1.165, 1.54) is 16.3 Å². The molecule has 3 rings (SSSR count). The molecule has 23 heavy (non-hydrogen) atoms. The number of carbonyl (C=O) groups is 1. The van der Waals surface area contributed by atoms with Crippen molar-refractivity contribution in [1.82, 2.24) is 9.55 Å². The van der Waals surface area contributed by atoms with Crippen molar-refractivity contribution in [3.63, 3.8) is 0 Å². The van der Waals surface area contributed by atoms with Crippen LogP contribution in [-0.2, 0) is 24.2 Å². The van der Waals surface area contributed by atoms with E-state index in [4.69, 9.17) is 10.5 Å². The smallest absolute Gasteiger partial charge is 0.223 e. The number of rotatable bonds is 6. The number of primary amides is 1. The molecule has 1 amide bonds. The van der Waals surface area contributed by atoms with Gasteiger partial charge >= 0.3 is 0 Å². The SMILES string of the molecule is COc1ccc2cccc(CCn3cnc(CC(N)=O)c3)c2c1. The number of nitrogens with zero attached hydrogens (tertiary/aromatic N) is 2. The van der Waals surface area contributed by atoms with E-state index in [1.54, 1.807) is 13.4 Å². The van der Waals surface area contributed by atoms with E-state index in [1.807, 2.05) is 16.8 Å². The van der Waals surface area contributed by atoms with Crippen LogP contribution in [0.25, 0.3) is 10.8 Å². The zero-order valence-corrected chi connectivity index (χ0v) is 13.0. The molecular formula is C18H19N3O2. The first-order chi connectivity index (χ1) is 11.2. The highest BCUT2D eigenvalue weighted by atomic mass is 16.5. The lowest BCUT2D eigenvalue weighted by Crippen LogP contribution is -2.13. The third-order valence-corrected chi connectivity index (χ3v) is 3.86. The van der Waals surface area contributed by atoms with Crippen molar-refractivity contribution < 1.29 is 9.53 Å². The van der Waals surface area contributed by atoms with E-state index in [0.717, 1.165) is 18.7 Å². The molecule has 0 bridgehead atoms. The van der Waals surface area contributed by atoms with Crippen molar-refractivity contribution in [2.45, 2.75) is 19.4 Å². The Labute approximate surface area is 134 Å². The summed E-state index contributed by atoms with van der Waals surface area (Å²) < 4.78 is 7.30. The average Bonchev–Trinajstić information content (AvgIpc) is 2.99. The Morgan fingerprint density at radius 1 is 1.30 bits per heavy atom. The molecule has 2 N–H and O–H groups in total. The maximum Gasteiger partial charge on any atom is 0.223 e. The number of nitrogens with two attached hydrogens (primary N) is 1. The molecule has 0 saturated carbocycles. The maximum atomic E-state index is 10.9. The molecule has 1 heterocycles. The van der Waals surface area contributed by atoms with Gasteiger partial charge in [0.1, 0.15) is 5.75 Å². The molecule has 0 aliphatic rings. The molecule has 1 aromatic heterocycles. The quantitative estimate of drug-likeness (QED) is 0.759. The van der Waals surface area contributed by atoms with Gasteiger partial charge in [-0.3, -0.25) is 4.79 Å². The topological polar surface area (TPSA) is 70.1 Å². The summed E-state index contributed by atoms with van der Waals surface area (Å²) in [5.41, 5.74) is 7.15. The third-order valence-electron chi connectivity index (χ3n) is 3.86. The molecule has 2 aromatic carbocycles. The Hall–Kier alpha value is -2.82. The monoisotopic (exact) mass is 309 g/mol. The number of ether oxygens (including phenoxy) is 1. The van der Waals surface area contributed by atoms with E-state index in [0.29, 0.717) is 5.69 Å². The van der Waals surface area contributed by atoms with Gasteiger partial charge in [-0.05, 0) is 34.9 Å². The van der Waals surface area contributed by atoms with E-state index in [2.05, 4.69) is 35.3 Å². The number of hydrogen-bond acceptors (Lipinski definition) is 3. The van der Waals surface area contributed by atoms with Crippen LogP contribution in [0.5, 0.6) is 5.75 Å². The number of hydrogen-bond donors (Lipinski definition) is 1.